The number of benzene rings is 1. The second-order valence-corrected chi connectivity index (χ2v) is 10.3. The number of nitrogens with zero attached hydrogens (tertiary/aromatic N) is 2. The molecule has 1 aromatic heterocycles. The Balaban J connectivity index is 2.04. The van der Waals surface area contributed by atoms with E-state index in [4.69, 9.17) is 16.3 Å². The molecule has 7 nitrogen and oxygen atoms in total. The van der Waals surface area contributed by atoms with Crippen molar-refractivity contribution in [2.24, 2.45) is 4.99 Å². The molecular weight excluding hydrogens is 481 g/mol. The Bertz CT molecular complexity index is 1250. The van der Waals surface area contributed by atoms with Crippen LogP contribution in [0.1, 0.15) is 20.8 Å². The molecule has 31 heavy (non-hydrogen) atoms. The molecule has 1 amide bonds. The summed E-state index contributed by atoms with van der Waals surface area (Å²) in [6.45, 7) is 5.06. The summed E-state index contributed by atoms with van der Waals surface area (Å²) in [6, 6.07) is 3.52. The van der Waals surface area contributed by atoms with Gasteiger partial charge >= 0.3 is 21.7 Å². The van der Waals surface area contributed by atoms with Gasteiger partial charge in [-0.3, -0.25) is 9.89 Å². The van der Waals surface area contributed by atoms with Crippen LogP contribution in [0.15, 0.2) is 28.6 Å². The van der Waals surface area contributed by atoms with Crippen molar-refractivity contribution in [1.29, 1.82) is 0 Å². The number of carbonyl (C=O) groups is 1. The molecule has 13 heteroatoms. The van der Waals surface area contributed by atoms with Crippen LogP contribution in [-0.4, -0.2) is 37.2 Å². The number of rotatable bonds is 3. The molecule has 0 spiro atoms. The zero-order chi connectivity index (χ0) is 23.2. The minimum atomic E-state index is -5.88. The number of fused-ring (bicyclic) bond motifs is 1. The first-order valence-electron chi connectivity index (χ1n) is 8.62. The van der Waals surface area contributed by atoms with Crippen LogP contribution < -0.4 is 14.1 Å². The first-order chi connectivity index (χ1) is 14.2. The minimum Gasteiger partial charge on any atom is -0.443 e. The van der Waals surface area contributed by atoms with Crippen molar-refractivity contribution in [3.63, 3.8) is 0 Å². The standard InChI is InChI=1S/C18H16ClF3N2O5S2/c1-17(2,3)28-16(25)24-7-14-15(23-9-24)12(8-30-14)11-6-10(19)4-5-13(11)29-31(26,27)18(20,21)22/h4-8H,9H2,1-3H3. The Morgan fingerprint density at radius 1 is 1.23 bits per heavy atom. The van der Waals surface area contributed by atoms with E-state index in [0.29, 0.717) is 15.5 Å². The second-order valence-electron chi connectivity index (χ2n) is 7.36. The van der Waals surface area contributed by atoms with Gasteiger partial charge in [-0.25, -0.2) is 4.79 Å². The normalized spacial score (nSPS) is 14.4. The van der Waals surface area contributed by atoms with E-state index in [0.717, 1.165) is 17.4 Å². The molecule has 0 atom stereocenters. The van der Waals surface area contributed by atoms with Gasteiger partial charge in [-0.1, -0.05) is 11.6 Å². The third-order valence-corrected chi connectivity index (χ3v) is 5.90. The van der Waals surface area contributed by atoms with Crippen molar-refractivity contribution >= 4 is 45.3 Å². The highest BCUT2D eigenvalue weighted by Crippen LogP contribution is 2.35. The van der Waals surface area contributed by atoms with Gasteiger partial charge in [-0.15, -0.1) is 11.3 Å². The van der Waals surface area contributed by atoms with Crippen molar-refractivity contribution in [1.82, 2.24) is 4.90 Å². The van der Waals surface area contributed by atoms with Crippen molar-refractivity contribution in [2.75, 3.05) is 6.67 Å². The average molecular weight is 497 g/mol. The fraction of sp³-hybridized carbons (Fsp3) is 0.333. The minimum absolute atomic E-state index is 0.0145. The van der Waals surface area contributed by atoms with Gasteiger partial charge in [0.25, 0.3) is 0 Å². The van der Waals surface area contributed by atoms with Gasteiger partial charge < -0.3 is 8.92 Å². The summed E-state index contributed by atoms with van der Waals surface area (Å²) in [4.78, 5) is 17.8. The predicted octanol–water partition coefficient (Wildman–Crippen LogP) is 3.86. The third-order valence-electron chi connectivity index (χ3n) is 3.79. The maximum Gasteiger partial charge on any atom is 0.534 e. The molecule has 1 aliphatic rings. The lowest BCUT2D eigenvalue weighted by atomic mass is 10.1. The Kier molecular flexibility index (Phi) is 6.02. The third kappa shape index (κ3) is 5.13. The van der Waals surface area contributed by atoms with Crippen LogP contribution in [0.2, 0.25) is 5.02 Å². The molecule has 1 aliphatic heterocycles. The molecule has 0 radical (unpaired) electrons. The molecule has 0 unspecified atom stereocenters. The van der Waals surface area contributed by atoms with E-state index in [1.54, 1.807) is 26.2 Å². The van der Waals surface area contributed by atoms with E-state index in [-0.39, 0.29) is 17.3 Å². The largest absolute Gasteiger partial charge is 0.534 e. The van der Waals surface area contributed by atoms with Gasteiger partial charge in [0.05, 0.1) is 9.89 Å². The molecule has 1 aromatic carbocycles. The number of thiophene rings is 1. The second kappa shape index (κ2) is 7.99. The molecule has 2 heterocycles. The lowest BCUT2D eigenvalue weighted by molar-refractivity contribution is -0.0499. The number of hydrogen-bond donors (Lipinski definition) is 0. The van der Waals surface area contributed by atoms with Crippen LogP contribution in [0, 0.1) is 0 Å². The van der Waals surface area contributed by atoms with Gasteiger partial charge in [0.2, 0.25) is 0 Å². The first kappa shape index (κ1) is 23.4. The van der Waals surface area contributed by atoms with E-state index in [2.05, 4.69) is 9.18 Å². The van der Waals surface area contributed by atoms with Crippen LogP contribution in [0.3, 0.4) is 0 Å². The van der Waals surface area contributed by atoms with Gasteiger partial charge in [-0.05, 0) is 39.0 Å². The SMILES string of the molecule is CC(C)(C)OC(=O)N1C=c2scc(-c3cc(Cl)ccc3OS(=O)(=O)C(F)(F)F)c2=NC1. The predicted molar refractivity (Wildman–Crippen MR) is 109 cm³/mol. The molecule has 168 valence electrons. The summed E-state index contributed by atoms with van der Waals surface area (Å²) >= 11 is 7.13. The Labute approximate surface area is 184 Å². The lowest BCUT2D eigenvalue weighted by Gasteiger charge is -2.24. The Hall–Kier alpha value is -2.31. The van der Waals surface area contributed by atoms with Crippen LogP contribution >= 0.6 is 22.9 Å². The first-order valence-corrected chi connectivity index (χ1v) is 11.3. The average Bonchev–Trinajstić information content (AvgIpc) is 3.03. The topological polar surface area (TPSA) is 85.3 Å². The molecule has 0 saturated heterocycles. The number of alkyl halides is 3. The summed E-state index contributed by atoms with van der Waals surface area (Å²) in [5, 5.41) is 2.07. The van der Waals surface area contributed by atoms with Crippen molar-refractivity contribution in [3.8, 4) is 16.9 Å². The lowest BCUT2D eigenvalue weighted by Crippen LogP contribution is -2.39. The molecule has 0 N–H and O–H groups in total. The van der Waals surface area contributed by atoms with E-state index in [1.165, 1.54) is 23.2 Å². The molecule has 0 bridgehead atoms. The fourth-order valence-electron chi connectivity index (χ4n) is 2.52. The van der Waals surface area contributed by atoms with Gasteiger partial charge in [0, 0.05) is 27.7 Å². The van der Waals surface area contributed by atoms with Gasteiger partial charge in [0.15, 0.2) is 5.75 Å². The van der Waals surface area contributed by atoms with E-state index < -0.39 is 33.1 Å². The molecular formula is C18H16ClF3N2O5S2. The zero-order valence-corrected chi connectivity index (χ0v) is 18.7. The maximum atomic E-state index is 12.8. The van der Waals surface area contributed by atoms with Crippen molar-refractivity contribution in [2.45, 2.75) is 31.9 Å². The maximum absolute atomic E-state index is 12.8. The summed E-state index contributed by atoms with van der Waals surface area (Å²) in [5.74, 6) is -0.549. The highest BCUT2D eigenvalue weighted by molar-refractivity contribution is 7.88. The molecule has 3 rings (SSSR count). The monoisotopic (exact) mass is 496 g/mol. The zero-order valence-electron chi connectivity index (χ0n) is 16.4. The van der Waals surface area contributed by atoms with Crippen molar-refractivity contribution < 1.29 is 35.3 Å². The van der Waals surface area contributed by atoms with Crippen LogP contribution in [0.4, 0.5) is 18.0 Å². The quantitative estimate of drug-likeness (QED) is 0.476. The van der Waals surface area contributed by atoms with Crippen LogP contribution in [0.5, 0.6) is 5.75 Å². The highest BCUT2D eigenvalue weighted by Gasteiger charge is 2.48. The smallest absolute Gasteiger partial charge is 0.443 e. The number of hydrogen-bond acceptors (Lipinski definition) is 7. The van der Waals surface area contributed by atoms with Gasteiger partial charge in [0.1, 0.15) is 12.3 Å². The number of amides is 1. The number of ether oxygens (including phenoxy) is 1. The van der Waals surface area contributed by atoms with Gasteiger partial charge in [-0.2, -0.15) is 21.6 Å². The van der Waals surface area contributed by atoms with Crippen LogP contribution in [0.25, 0.3) is 17.3 Å². The molecule has 0 saturated carbocycles. The summed E-state index contributed by atoms with van der Waals surface area (Å²) < 4.78 is 71.4. The number of carbonyl (C=O) groups excluding carboxylic acids is 1. The summed E-state index contributed by atoms with van der Waals surface area (Å²) in [7, 11) is -5.88. The number of halogens is 4. The van der Waals surface area contributed by atoms with E-state index in [9.17, 15) is 26.4 Å². The molecule has 0 fully saturated rings. The summed E-state index contributed by atoms with van der Waals surface area (Å²) in [6.07, 6.45) is 0.891. The summed E-state index contributed by atoms with van der Waals surface area (Å²) in [5.41, 5.74) is -5.97. The van der Waals surface area contributed by atoms with E-state index in [1.807, 2.05) is 0 Å². The van der Waals surface area contributed by atoms with E-state index >= 15 is 0 Å². The molecule has 0 aliphatic carbocycles. The van der Waals surface area contributed by atoms with Crippen molar-refractivity contribution in [3.05, 3.63) is 38.5 Å². The highest BCUT2D eigenvalue weighted by atomic mass is 35.5. The Morgan fingerprint density at radius 2 is 1.90 bits per heavy atom. The Morgan fingerprint density at radius 3 is 2.52 bits per heavy atom. The fourth-order valence-corrected chi connectivity index (χ4v) is 4.13. The van der Waals surface area contributed by atoms with Crippen LogP contribution in [-0.2, 0) is 14.9 Å². The molecule has 2 aromatic rings.